The molecule has 2 aromatic rings. The maximum absolute atomic E-state index is 10.7. The van der Waals surface area contributed by atoms with Crippen molar-refractivity contribution in [3.8, 4) is 5.69 Å². The van der Waals surface area contributed by atoms with Gasteiger partial charge in [0.15, 0.2) is 5.69 Å². The molecule has 0 saturated carbocycles. The van der Waals surface area contributed by atoms with Gasteiger partial charge >= 0.3 is 5.97 Å². The highest BCUT2D eigenvalue weighted by Gasteiger charge is 2.08. The summed E-state index contributed by atoms with van der Waals surface area (Å²) in [4.78, 5) is 10.7. The van der Waals surface area contributed by atoms with E-state index in [1.54, 1.807) is 0 Å². The van der Waals surface area contributed by atoms with Gasteiger partial charge in [0.05, 0.1) is 11.9 Å². The average molecular weight is 245 g/mol. The first-order chi connectivity index (χ1) is 8.70. The summed E-state index contributed by atoms with van der Waals surface area (Å²) in [6, 6.07) is 7.91. The molecule has 18 heavy (non-hydrogen) atoms. The van der Waals surface area contributed by atoms with E-state index in [4.69, 9.17) is 5.11 Å². The van der Waals surface area contributed by atoms with Crippen molar-refractivity contribution in [3.05, 3.63) is 41.7 Å². The van der Waals surface area contributed by atoms with E-state index in [1.165, 1.54) is 29.3 Å². The number of carbonyl (C=O) groups is 1. The van der Waals surface area contributed by atoms with Crippen LogP contribution in [0.5, 0.6) is 0 Å². The van der Waals surface area contributed by atoms with Crippen LogP contribution in [0.15, 0.2) is 30.5 Å². The fraction of sp³-hybridized carbons (Fsp3) is 0.308. The molecule has 2 rings (SSSR count). The van der Waals surface area contributed by atoms with Crippen LogP contribution in [-0.4, -0.2) is 26.1 Å². The van der Waals surface area contributed by atoms with Gasteiger partial charge in [-0.3, -0.25) is 0 Å². The lowest BCUT2D eigenvalue weighted by molar-refractivity contribution is 0.0690. The Bertz CT molecular complexity index is 531. The Morgan fingerprint density at radius 2 is 2.06 bits per heavy atom. The normalized spacial score (nSPS) is 10.5. The second-order valence-corrected chi connectivity index (χ2v) is 4.12. The summed E-state index contributed by atoms with van der Waals surface area (Å²) in [6.07, 6.45) is 4.82. The second kappa shape index (κ2) is 5.44. The van der Waals surface area contributed by atoms with Gasteiger partial charge in [0.2, 0.25) is 0 Å². The van der Waals surface area contributed by atoms with E-state index >= 15 is 0 Å². The molecular weight excluding hydrogens is 230 g/mol. The number of aromatic nitrogens is 3. The first-order valence-corrected chi connectivity index (χ1v) is 5.95. The van der Waals surface area contributed by atoms with E-state index < -0.39 is 5.97 Å². The molecule has 0 amide bonds. The molecule has 1 aromatic heterocycles. The number of hydrogen-bond acceptors (Lipinski definition) is 3. The average Bonchev–Trinajstić information content (AvgIpc) is 2.87. The first kappa shape index (κ1) is 12.3. The molecule has 0 spiro atoms. The van der Waals surface area contributed by atoms with Gasteiger partial charge in [-0.15, -0.1) is 5.10 Å². The number of unbranched alkanes of at least 4 members (excludes halogenated alkanes) is 1. The minimum atomic E-state index is -1.07. The summed E-state index contributed by atoms with van der Waals surface area (Å²) in [6.45, 7) is 2.16. The van der Waals surface area contributed by atoms with Gasteiger partial charge in [-0.25, -0.2) is 9.48 Å². The second-order valence-electron chi connectivity index (χ2n) is 4.12. The number of nitrogens with zero attached hydrogens (tertiary/aromatic N) is 3. The lowest BCUT2D eigenvalue weighted by atomic mass is 10.1. The summed E-state index contributed by atoms with van der Waals surface area (Å²) in [5.41, 5.74) is 2.04. The molecule has 0 unspecified atom stereocenters. The van der Waals surface area contributed by atoms with E-state index in [-0.39, 0.29) is 5.69 Å². The molecule has 94 valence electrons. The van der Waals surface area contributed by atoms with Crippen molar-refractivity contribution in [2.75, 3.05) is 0 Å². The molecule has 5 nitrogen and oxygen atoms in total. The number of rotatable bonds is 5. The Balaban J connectivity index is 2.15. The summed E-state index contributed by atoms with van der Waals surface area (Å²) in [5, 5.41) is 16.1. The van der Waals surface area contributed by atoms with Crippen LogP contribution in [-0.2, 0) is 6.42 Å². The Kier molecular flexibility index (Phi) is 3.72. The molecule has 0 atom stereocenters. The van der Waals surface area contributed by atoms with Crippen LogP contribution < -0.4 is 0 Å². The highest BCUT2D eigenvalue weighted by molar-refractivity contribution is 5.84. The fourth-order valence-corrected chi connectivity index (χ4v) is 1.68. The fourth-order valence-electron chi connectivity index (χ4n) is 1.68. The third kappa shape index (κ3) is 2.74. The Labute approximate surface area is 105 Å². The van der Waals surface area contributed by atoms with Crippen molar-refractivity contribution >= 4 is 5.97 Å². The van der Waals surface area contributed by atoms with E-state index in [1.807, 2.05) is 24.3 Å². The van der Waals surface area contributed by atoms with Gasteiger partial charge in [-0.1, -0.05) is 30.7 Å². The van der Waals surface area contributed by atoms with Crippen LogP contribution in [0.2, 0.25) is 0 Å². The zero-order valence-electron chi connectivity index (χ0n) is 10.2. The zero-order valence-corrected chi connectivity index (χ0v) is 10.2. The van der Waals surface area contributed by atoms with Gasteiger partial charge in [-0.2, -0.15) is 0 Å². The lowest BCUT2D eigenvalue weighted by Gasteiger charge is -2.02. The maximum atomic E-state index is 10.7. The topological polar surface area (TPSA) is 68.0 Å². The summed E-state index contributed by atoms with van der Waals surface area (Å²) < 4.78 is 1.47. The molecule has 0 aliphatic carbocycles. The molecule has 0 fully saturated rings. The number of carboxylic acid groups (broad SMARTS) is 1. The molecule has 1 heterocycles. The predicted molar refractivity (Wildman–Crippen MR) is 66.9 cm³/mol. The minimum Gasteiger partial charge on any atom is -0.476 e. The minimum absolute atomic E-state index is 0.0509. The van der Waals surface area contributed by atoms with Gasteiger partial charge in [0.25, 0.3) is 0 Å². The van der Waals surface area contributed by atoms with Crippen LogP contribution in [0.1, 0.15) is 35.8 Å². The number of hydrogen-bond donors (Lipinski definition) is 1. The lowest BCUT2D eigenvalue weighted by Crippen LogP contribution is -1.96. The van der Waals surface area contributed by atoms with Crippen molar-refractivity contribution in [2.24, 2.45) is 0 Å². The number of aryl methyl sites for hydroxylation is 1. The molecule has 0 aliphatic rings. The van der Waals surface area contributed by atoms with E-state index in [2.05, 4.69) is 17.2 Å². The number of aromatic carboxylic acids is 1. The van der Waals surface area contributed by atoms with E-state index in [0.29, 0.717) is 0 Å². The SMILES string of the molecule is CCCCc1ccc(-n2cc(C(=O)O)nn2)cc1. The largest absolute Gasteiger partial charge is 0.476 e. The standard InChI is InChI=1S/C13H15N3O2/c1-2-3-4-10-5-7-11(8-6-10)16-9-12(13(17)18)14-15-16/h5-9H,2-4H2,1H3,(H,17,18). The Hall–Kier alpha value is -2.17. The molecule has 0 saturated heterocycles. The molecule has 0 radical (unpaired) electrons. The highest BCUT2D eigenvalue weighted by Crippen LogP contribution is 2.11. The van der Waals surface area contributed by atoms with Crippen LogP contribution in [0, 0.1) is 0 Å². The van der Waals surface area contributed by atoms with E-state index in [0.717, 1.165) is 12.1 Å². The molecule has 5 heteroatoms. The molecule has 1 N–H and O–H groups in total. The molecule has 0 aliphatic heterocycles. The quantitative estimate of drug-likeness (QED) is 0.877. The Morgan fingerprint density at radius 1 is 1.33 bits per heavy atom. The maximum Gasteiger partial charge on any atom is 0.358 e. The summed E-state index contributed by atoms with van der Waals surface area (Å²) in [7, 11) is 0. The van der Waals surface area contributed by atoms with Crippen LogP contribution in [0.4, 0.5) is 0 Å². The smallest absolute Gasteiger partial charge is 0.358 e. The van der Waals surface area contributed by atoms with E-state index in [9.17, 15) is 4.79 Å². The third-order valence-electron chi connectivity index (χ3n) is 2.73. The van der Waals surface area contributed by atoms with Gasteiger partial charge in [-0.05, 0) is 30.5 Å². The van der Waals surface area contributed by atoms with Crippen LogP contribution in [0.3, 0.4) is 0 Å². The van der Waals surface area contributed by atoms with Crippen molar-refractivity contribution in [2.45, 2.75) is 26.2 Å². The van der Waals surface area contributed by atoms with Crippen molar-refractivity contribution in [1.82, 2.24) is 15.0 Å². The first-order valence-electron chi connectivity index (χ1n) is 5.95. The number of benzene rings is 1. The van der Waals surface area contributed by atoms with Gasteiger partial charge in [0.1, 0.15) is 0 Å². The summed E-state index contributed by atoms with van der Waals surface area (Å²) >= 11 is 0. The monoisotopic (exact) mass is 245 g/mol. The Morgan fingerprint density at radius 3 is 2.61 bits per heavy atom. The van der Waals surface area contributed by atoms with Crippen molar-refractivity contribution in [3.63, 3.8) is 0 Å². The predicted octanol–water partition coefficient (Wildman–Crippen LogP) is 2.31. The molecular formula is C13H15N3O2. The van der Waals surface area contributed by atoms with Gasteiger partial charge < -0.3 is 5.11 Å². The van der Waals surface area contributed by atoms with Crippen molar-refractivity contribution < 1.29 is 9.90 Å². The van der Waals surface area contributed by atoms with Gasteiger partial charge in [0, 0.05) is 0 Å². The van der Waals surface area contributed by atoms with Crippen LogP contribution >= 0.6 is 0 Å². The van der Waals surface area contributed by atoms with Crippen LogP contribution in [0.25, 0.3) is 5.69 Å². The third-order valence-corrected chi connectivity index (χ3v) is 2.73. The summed E-state index contributed by atoms with van der Waals surface area (Å²) in [5.74, 6) is -1.07. The zero-order chi connectivity index (χ0) is 13.0. The molecule has 1 aromatic carbocycles. The van der Waals surface area contributed by atoms with Crippen molar-refractivity contribution in [1.29, 1.82) is 0 Å². The molecule has 0 bridgehead atoms. The highest BCUT2D eigenvalue weighted by atomic mass is 16.4. The number of carboxylic acids is 1.